The van der Waals surface area contributed by atoms with Crippen molar-refractivity contribution < 1.29 is 14.3 Å². The highest BCUT2D eigenvalue weighted by Gasteiger charge is 2.13. The Kier molecular flexibility index (Phi) is 6.66. The SMILES string of the molecule is CCOC(=O)/C=C(C)/C=C/C=C(\C)C1=Cc2cc(-c3cccs3)ccc2OC1. The molecule has 0 amide bonds. The van der Waals surface area contributed by atoms with Crippen LogP contribution in [0.1, 0.15) is 26.3 Å². The van der Waals surface area contributed by atoms with Crippen molar-refractivity contribution in [3.63, 3.8) is 0 Å². The number of thiophene rings is 1. The van der Waals surface area contributed by atoms with Gasteiger partial charge in [-0.15, -0.1) is 11.3 Å². The summed E-state index contributed by atoms with van der Waals surface area (Å²) in [6.07, 6.45) is 9.56. The number of ether oxygens (including phenoxy) is 2. The molecule has 1 aromatic carbocycles. The van der Waals surface area contributed by atoms with E-state index < -0.39 is 0 Å². The van der Waals surface area contributed by atoms with Crippen LogP contribution < -0.4 is 4.74 Å². The third-order valence-corrected chi connectivity index (χ3v) is 5.29. The Balaban J connectivity index is 1.75. The standard InChI is InChI=1S/C24H24O3S/c1-4-26-24(25)13-17(2)7-5-8-18(3)21-15-20-14-19(23-9-6-12-28-23)10-11-22(20)27-16-21/h5-15H,4,16H2,1-3H3/b7-5+,17-13+,18-8+. The van der Waals surface area contributed by atoms with Gasteiger partial charge in [0.2, 0.25) is 0 Å². The van der Waals surface area contributed by atoms with Crippen LogP contribution >= 0.6 is 11.3 Å². The number of carbonyl (C=O) groups is 1. The zero-order chi connectivity index (χ0) is 19.9. The van der Waals surface area contributed by atoms with Crippen molar-refractivity contribution >= 4 is 23.4 Å². The van der Waals surface area contributed by atoms with Crippen LogP contribution in [0.15, 0.2) is 76.7 Å². The molecular weight excluding hydrogens is 368 g/mol. The molecule has 0 N–H and O–H groups in total. The first-order chi connectivity index (χ1) is 13.6. The fourth-order valence-corrected chi connectivity index (χ4v) is 3.59. The van der Waals surface area contributed by atoms with Crippen LogP contribution in [-0.2, 0) is 9.53 Å². The average Bonchev–Trinajstić information content (AvgIpc) is 3.22. The lowest BCUT2D eigenvalue weighted by Crippen LogP contribution is -2.08. The summed E-state index contributed by atoms with van der Waals surface area (Å²) in [6.45, 7) is 6.68. The second-order valence-electron chi connectivity index (χ2n) is 6.54. The Morgan fingerprint density at radius 2 is 2.14 bits per heavy atom. The molecule has 2 aromatic rings. The Labute approximate surface area is 170 Å². The number of benzene rings is 1. The normalized spacial score (nSPS) is 14.5. The third kappa shape index (κ3) is 5.11. The number of rotatable bonds is 6. The molecule has 0 fully saturated rings. The number of esters is 1. The molecule has 3 nitrogen and oxygen atoms in total. The topological polar surface area (TPSA) is 35.5 Å². The molecule has 2 heterocycles. The van der Waals surface area contributed by atoms with Gasteiger partial charge in [-0.1, -0.05) is 24.3 Å². The average molecular weight is 393 g/mol. The quantitative estimate of drug-likeness (QED) is 0.333. The molecule has 0 unspecified atom stereocenters. The van der Waals surface area contributed by atoms with E-state index in [0.29, 0.717) is 13.2 Å². The molecule has 0 saturated carbocycles. The maximum absolute atomic E-state index is 11.5. The molecule has 0 aliphatic carbocycles. The second kappa shape index (κ2) is 9.38. The molecular formula is C24H24O3S. The predicted octanol–water partition coefficient (Wildman–Crippen LogP) is 6.20. The van der Waals surface area contributed by atoms with E-state index in [0.717, 1.165) is 28.0 Å². The van der Waals surface area contributed by atoms with Crippen LogP contribution in [-0.4, -0.2) is 19.2 Å². The molecule has 28 heavy (non-hydrogen) atoms. The van der Waals surface area contributed by atoms with Crippen LogP contribution in [0.25, 0.3) is 16.5 Å². The van der Waals surface area contributed by atoms with Crippen molar-refractivity contribution in [2.75, 3.05) is 13.2 Å². The summed E-state index contributed by atoms with van der Waals surface area (Å²) < 4.78 is 10.8. The zero-order valence-electron chi connectivity index (χ0n) is 16.4. The number of fused-ring (bicyclic) bond motifs is 1. The van der Waals surface area contributed by atoms with E-state index in [2.05, 4.69) is 42.6 Å². The van der Waals surface area contributed by atoms with E-state index in [9.17, 15) is 4.79 Å². The van der Waals surface area contributed by atoms with Crippen molar-refractivity contribution in [2.24, 2.45) is 0 Å². The second-order valence-corrected chi connectivity index (χ2v) is 7.49. The Bertz CT molecular complexity index is 960. The van der Waals surface area contributed by atoms with Gasteiger partial charge in [-0.05, 0) is 78.8 Å². The maximum atomic E-state index is 11.5. The van der Waals surface area contributed by atoms with Crippen LogP contribution in [0, 0.1) is 0 Å². The highest BCUT2D eigenvalue weighted by molar-refractivity contribution is 7.13. The monoisotopic (exact) mass is 392 g/mol. The van der Waals surface area contributed by atoms with Gasteiger partial charge in [0.25, 0.3) is 0 Å². The lowest BCUT2D eigenvalue weighted by atomic mass is 9.99. The summed E-state index contributed by atoms with van der Waals surface area (Å²) in [6, 6.07) is 10.5. The molecule has 1 aliphatic rings. The van der Waals surface area contributed by atoms with Crippen molar-refractivity contribution in [1.82, 2.24) is 0 Å². The number of hydrogen-bond acceptors (Lipinski definition) is 4. The van der Waals surface area contributed by atoms with E-state index >= 15 is 0 Å². The van der Waals surface area contributed by atoms with E-state index in [1.54, 1.807) is 18.3 Å². The first-order valence-electron chi connectivity index (χ1n) is 9.28. The van der Waals surface area contributed by atoms with Gasteiger partial charge >= 0.3 is 5.97 Å². The Hall–Kier alpha value is -2.85. The fourth-order valence-electron chi connectivity index (χ4n) is 2.87. The van der Waals surface area contributed by atoms with Crippen LogP contribution in [0.4, 0.5) is 0 Å². The number of hydrogen-bond donors (Lipinski definition) is 0. The first-order valence-corrected chi connectivity index (χ1v) is 10.2. The minimum atomic E-state index is -0.313. The minimum Gasteiger partial charge on any atom is -0.488 e. The van der Waals surface area contributed by atoms with E-state index in [4.69, 9.17) is 9.47 Å². The van der Waals surface area contributed by atoms with Gasteiger partial charge in [-0.25, -0.2) is 4.79 Å². The number of carbonyl (C=O) groups excluding carboxylic acids is 1. The zero-order valence-corrected chi connectivity index (χ0v) is 17.2. The van der Waals surface area contributed by atoms with Crippen molar-refractivity contribution in [2.45, 2.75) is 20.8 Å². The van der Waals surface area contributed by atoms with Gasteiger partial charge in [0.15, 0.2) is 0 Å². The molecule has 0 saturated heterocycles. The van der Waals surface area contributed by atoms with E-state index in [-0.39, 0.29) is 5.97 Å². The van der Waals surface area contributed by atoms with Gasteiger partial charge in [0.05, 0.1) is 6.61 Å². The van der Waals surface area contributed by atoms with Crippen LogP contribution in [0.5, 0.6) is 5.75 Å². The van der Waals surface area contributed by atoms with Gasteiger partial charge in [-0.2, -0.15) is 0 Å². The molecule has 144 valence electrons. The maximum Gasteiger partial charge on any atom is 0.330 e. The van der Waals surface area contributed by atoms with Gasteiger partial charge in [0.1, 0.15) is 12.4 Å². The summed E-state index contributed by atoms with van der Waals surface area (Å²) in [5.41, 5.74) is 5.43. The summed E-state index contributed by atoms with van der Waals surface area (Å²) in [7, 11) is 0. The molecule has 0 radical (unpaired) electrons. The lowest BCUT2D eigenvalue weighted by molar-refractivity contribution is -0.137. The molecule has 0 atom stereocenters. The van der Waals surface area contributed by atoms with Crippen molar-refractivity contribution in [3.8, 4) is 16.2 Å². The highest BCUT2D eigenvalue weighted by Crippen LogP contribution is 2.34. The van der Waals surface area contributed by atoms with Gasteiger partial charge < -0.3 is 9.47 Å². The molecule has 4 heteroatoms. The highest BCUT2D eigenvalue weighted by atomic mass is 32.1. The smallest absolute Gasteiger partial charge is 0.330 e. The van der Waals surface area contributed by atoms with Crippen molar-refractivity contribution in [3.05, 3.63) is 82.3 Å². The molecule has 0 bridgehead atoms. The molecule has 1 aliphatic heterocycles. The molecule has 3 rings (SSSR count). The van der Waals surface area contributed by atoms with Crippen molar-refractivity contribution in [1.29, 1.82) is 0 Å². The largest absolute Gasteiger partial charge is 0.488 e. The van der Waals surface area contributed by atoms with E-state index in [1.807, 2.05) is 31.2 Å². The summed E-state index contributed by atoms with van der Waals surface area (Å²) in [5.74, 6) is 0.604. The predicted molar refractivity (Wildman–Crippen MR) is 117 cm³/mol. The van der Waals surface area contributed by atoms with Gasteiger partial charge in [0, 0.05) is 16.5 Å². The fraction of sp³-hybridized carbons (Fsp3) is 0.208. The minimum absolute atomic E-state index is 0.313. The summed E-state index contributed by atoms with van der Waals surface area (Å²) in [4.78, 5) is 12.7. The van der Waals surface area contributed by atoms with Crippen LogP contribution in [0.2, 0.25) is 0 Å². The van der Waals surface area contributed by atoms with Crippen LogP contribution in [0.3, 0.4) is 0 Å². The summed E-state index contributed by atoms with van der Waals surface area (Å²) >= 11 is 1.73. The Morgan fingerprint density at radius 3 is 2.89 bits per heavy atom. The third-order valence-electron chi connectivity index (χ3n) is 4.37. The molecule has 0 spiro atoms. The lowest BCUT2D eigenvalue weighted by Gasteiger charge is -2.19. The Morgan fingerprint density at radius 1 is 1.29 bits per heavy atom. The van der Waals surface area contributed by atoms with E-state index in [1.165, 1.54) is 16.5 Å². The summed E-state index contributed by atoms with van der Waals surface area (Å²) in [5, 5.41) is 2.09. The van der Waals surface area contributed by atoms with Gasteiger partial charge in [-0.3, -0.25) is 0 Å². The first kappa shape index (κ1) is 19.9. The number of allylic oxidation sites excluding steroid dienone is 4. The molecule has 1 aromatic heterocycles.